The second-order valence-electron chi connectivity index (χ2n) is 5.75. The first-order valence-electron chi connectivity index (χ1n) is 7.82. The van der Waals surface area contributed by atoms with E-state index in [2.05, 4.69) is 16.3 Å². The number of ether oxygens (including phenoxy) is 1. The largest absolute Gasteiger partial charge is 0.497 e. The van der Waals surface area contributed by atoms with E-state index in [0.29, 0.717) is 22.8 Å². The minimum absolute atomic E-state index is 0.462. The molecule has 0 bridgehead atoms. The van der Waals surface area contributed by atoms with E-state index in [9.17, 15) is 13.2 Å². The van der Waals surface area contributed by atoms with Crippen LogP contribution < -0.4 is 4.74 Å². The Morgan fingerprint density at radius 2 is 1.92 bits per heavy atom. The monoisotopic (exact) mass is 377 g/mol. The molecule has 0 fully saturated rings. The maximum atomic E-state index is 12.9. The molecule has 2 aromatic carbocycles. The van der Waals surface area contributed by atoms with Gasteiger partial charge in [0.15, 0.2) is 0 Å². The zero-order valence-electron chi connectivity index (χ0n) is 14.0. The Hall–Kier alpha value is -2.41. The summed E-state index contributed by atoms with van der Waals surface area (Å²) in [5, 5.41) is 0.585. The normalized spacial score (nSPS) is 12.8. The van der Waals surface area contributed by atoms with Crippen LogP contribution in [0.15, 0.2) is 48.5 Å². The highest BCUT2D eigenvalue weighted by Crippen LogP contribution is 2.33. The van der Waals surface area contributed by atoms with Gasteiger partial charge in [-0.2, -0.15) is 17.5 Å². The average Bonchev–Trinajstić information content (AvgIpc) is 3.09. The summed E-state index contributed by atoms with van der Waals surface area (Å²) < 4.78 is 48.2. The van der Waals surface area contributed by atoms with Gasteiger partial charge in [0.1, 0.15) is 16.6 Å². The van der Waals surface area contributed by atoms with Crippen molar-refractivity contribution in [2.24, 2.45) is 0 Å². The zero-order valence-corrected chi connectivity index (χ0v) is 14.8. The summed E-state index contributed by atoms with van der Waals surface area (Å²) in [5.41, 5.74) is 0.766. The van der Waals surface area contributed by atoms with E-state index in [1.165, 1.54) is 6.07 Å². The number of benzene rings is 2. The number of alkyl halides is 3. The fourth-order valence-corrected chi connectivity index (χ4v) is 3.23. The molecule has 1 radical (unpaired) electrons. The number of hydrogen-bond donors (Lipinski definition) is 0. The highest BCUT2D eigenvalue weighted by molar-refractivity contribution is 7.05. The lowest BCUT2D eigenvalue weighted by Gasteiger charge is -2.12. The van der Waals surface area contributed by atoms with Crippen LogP contribution in [0.2, 0.25) is 0 Å². The molecular formula is C19H16F3N2OS. The number of aromatic nitrogens is 2. The van der Waals surface area contributed by atoms with Crippen molar-refractivity contribution in [1.29, 1.82) is 0 Å². The molecule has 0 amide bonds. The van der Waals surface area contributed by atoms with Crippen molar-refractivity contribution in [3.8, 4) is 5.75 Å². The van der Waals surface area contributed by atoms with Gasteiger partial charge < -0.3 is 4.74 Å². The number of nitrogens with zero attached hydrogens (tertiary/aromatic N) is 2. The molecule has 0 aliphatic carbocycles. The van der Waals surface area contributed by atoms with Crippen molar-refractivity contribution >= 4 is 11.5 Å². The number of methoxy groups -OCH3 is 1. The van der Waals surface area contributed by atoms with Crippen LogP contribution in [-0.4, -0.2) is 16.5 Å². The van der Waals surface area contributed by atoms with Crippen LogP contribution in [0.25, 0.3) is 0 Å². The van der Waals surface area contributed by atoms with Gasteiger partial charge in [-0.15, -0.1) is 0 Å². The molecule has 0 aliphatic heterocycles. The highest BCUT2D eigenvalue weighted by Gasteiger charge is 2.31. The Morgan fingerprint density at radius 1 is 1.15 bits per heavy atom. The third-order valence-electron chi connectivity index (χ3n) is 3.89. The third kappa shape index (κ3) is 4.22. The SMILES string of the molecule is [CH2]C(c1cccc(C(F)(F)F)c1)c1nc(Cc2cccc(OC)c2)ns1. The second-order valence-corrected chi connectivity index (χ2v) is 6.54. The number of rotatable bonds is 5. The predicted octanol–water partition coefficient (Wildman–Crippen LogP) is 5.12. The summed E-state index contributed by atoms with van der Waals surface area (Å²) in [6.07, 6.45) is -3.86. The lowest BCUT2D eigenvalue weighted by Crippen LogP contribution is -2.06. The van der Waals surface area contributed by atoms with Crippen LogP contribution in [0.3, 0.4) is 0 Å². The summed E-state index contributed by atoms with van der Waals surface area (Å²) in [6, 6.07) is 12.7. The fourth-order valence-electron chi connectivity index (χ4n) is 2.52. The van der Waals surface area contributed by atoms with E-state index in [0.717, 1.165) is 35.0 Å². The van der Waals surface area contributed by atoms with E-state index in [-0.39, 0.29) is 0 Å². The first-order chi connectivity index (χ1) is 12.4. The van der Waals surface area contributed by atoms with Gasteiger partial charge in [0.25, 0.3) is 0 Å². The summed E-state index contributed by atoms with van der Waals surface area (Å²) in [6.45, 7) is 3.97. The number of hydrogen-bond acceptors (Lipinski definition) is 4. The lowest BCUT2D eigenvalue weighted by atomic mass is 9.99. The first-order valence-corrected chi connectivity index (χ1v) is 8.60. The van der Waals surface area contributed by atoms with Crippen LogP contribution in [0.5, 0.6) is 5.75 Å². The van der Waals surface area contributed by atoms with Crippen LogP contribution in [0.1, 0.15) is 33.4 Å². The van der Waals surface area contributed by atoms with Gasteiger partial charge >= 0.3 is 6.18 Å². The summed E-state index contributed by atoms with van der Waals surface area (Å²) in [7, 11) is 1.60. The highest BCUT2D eigenvalue weighted by atomic mass is 32.1. The molecule has 1 unspecified atom stereocenters. The van der Waals surface area contributed by atoms with Gasteiger partial charge in [-0.1, -0.05) is 30.3 Å². The molecule has 0 spiro atoms. The van der Waals surface area contributed by atoms with Crippen molar-refractivity contribution in [2.45, 2.75) is 18.5 Å². The second kappa shape index (κ2) is 7.45. The maximum absolute atomic E-state index is 12.9. The molecule has 26 heavy (non-hydrogen) atoms. The molecule has 0 aliphatic rings. The molecule has 1 heterocycles. The molecule has 7 heteroatoms. The quantitative estimate of drug-likeness (QED) is 0.619. The van der Waals surface area contributed by atoms with Crippen molar-refractivity contribution in [2.75, 3.05) is 7.11 Å². The van der Waals surface area contributed by atoms with Crippen molar-refractivity contribution in [3.63, 3.8) is 0 Å². The summed E-state index contributed by atoms with van der Waals surface area (Å²) >= 11 is 1.16. The molecule has 1 atom stereocenters. The molecular weight excluding hydrogens is 361 g/mol. The van der Waals surface area contributed by atoms with Crippen LogP contribution in [0.4, 0.5) is 13.2 Å². The molecule has 3 aromatic rings. The summed E-state index contributed by atoms with van der Waals surface area (Å²) in [5.74, 6) is 0.852. The Bertz CT molecular complexity index is 892. The van der Waals surface area contributed by atoms with Gasteiger partial charge in [0.05, 0.1) is 12.7 Å². The van der Waals surface area contributed by atoms with E-state index >= 15 is 0 Å². The molecule has 3 nitrogen and oxygen atoms in total. The van der Waals surface area contributed by atoms with Gasteiger partial charge in [-0.3, -0.25) is 0 Å². The Balaban J connectivity index is 1.79. The minimum atomic E-state index is -4.38. The Labute approximate surface area is 153 Å². The number of halogens is 3. The van der Waals surface area contributed by atoms with E-state index in [1.54, 1.807) is 13.2 Å². The Kier molecular flexibility index (Phi) is 5.27. The van der Waals surface area contributed by atoms with Crippen molar-refractivity contribution in [1.82, 2.24) is 9.36 Å². The predicted molar refractivity (Wildman–Crippen MR) is 94.4 cm³/mol. The van der Waals surface area contributed by atoms with Crippen LogP contribution in [0, 0.1) is 6.92 Å². The molecule has 0 N–H and O–H groups in total. The van der Waals surface area contributed by atoms with E-state index in [1.807, 2.05) is 24.3 Å². The van der Waals surface area contributed by atoms with Crippen molar-refractivity contribution in [3.05, 3.63) is 83.0 Å². The topological polar surface area (TPSA) is 35.0 Å². The van der Waals surface area contributed by atoms with E-state index < -0.39 is 17.7 Å². The first kappa shape index (κ1) is 18.4. The molecule has 0 saturated carbocycles. The molecule has 0 saturated heterocycles. The molecule has 3 rings (SSSR count). The minimum Gasteiger partial charge on any atom is -0.497 e. The third-order valence-corrected chi connectivity index (χ3v) is 4.76. The summed E-state index contributed by atoms with van der Waals surface area (Å²) in [4.78, 5) is 4.45. The van der Waals surface area contributed by atoms with Crippen LogP contribution in [-0.2, 0) is 12.6 Å². The average molecular weight is 377 g/mol. The van der Waals surface area contributed by atoms with Gasteiger partial charge in [-0.05, 0) is 47.8 Å². The standard InChI is InChI=1S/C19H16F3N2OS/c1-12(14-6-4-7-15(11-14)19(20,21)22)18-23-17(24-26-18)10-13-5-3-8-16(9-13)25-2/h3-9,11-12H,1,10H2,2H3. The molecule has 135 valence electrons. The van der Waals surface area contributed by atoms with Gasteiger partial charge in [0.2, 0.25) is 0 Å². The zero-order chi connectivity index (χ0) is 18.7. The lowest BCUT2D eigenvalue weighted by molar-refractivity contribution is -0.137. The Morgan fingerprint density at radius 3 is 2.65 bits per heavy atom. The van der Waals surface area contributed by atoms with Gasteiger partial charge in [0, 0.05) is 12.3 Å². The van der Waals surface area contributed by atoms with Gasteiger partial charge in [-0.25, -0.2) is 4.98 Å². The van der Waals surface area contributed by atoms with E-state index in [4.69, 9.17) is 4.74 Å². The smallest absolute Gasteiger partial charge is 0.416 e. The van der Waals surface area contributed by atoms with Crippen LogP contribution >= 0.6 is 11.5 Å². The van der Waals surface area contributed by atoms with Crippen molar-refractivity contribution < 1.29 is 17.9 Å². The molecule has 1 aromatic heterocycles. The maximum Gasteiger partial charge on any atom is 0.416 e. The fraction of sp³-hybridized carbons (Fsp3) is 0.211.